The van der Waals surface area contributed by atoms with Gasteiger partial charge in [0.15, 0.2) is 5.82 Å². The summed E-state index contributed by atoms with van der Waals surface area (Å²) in [5.74, 6) is 1.43. The van der Waals surface area contributed by atoms with Crippen LogP contribution in [0.2, 0.25) is 0 Å². The van der Waals surface area contributed by atoms with Gasteiger partial charge in [-0.15, -0.1) is 5.10 Å². The first kappa shape index (κ1) is 12.6. The molecule has 1 aliphatic rings. The SMILES string of the molecule is C[C@H]1CN(c2n[nH]c(-c3ncccc3Br)n2)CCN1. The summed E-state index contributed by atoms with van der Waals surface area (Å²) in [5.41, 5.74) is 0.782. The van der Waals surface area contributed by atoms with Crippen LogP contribution in [0.25, 0.3) is 11.5 Å². The van der Waals surface area contributed by atoms with Gasteiger partial charge in [0.25, 0.3) is 0 Å². The molecule has 0 unspecified atom stereocenters. The van der Waals surface area contributed by atoms with Crippen molar-refractivity contribution in [2.45, 2.75) is 13.0 Å². The van der Waals surface area contributed by atoms with Gasteiger partial charge in [-0.05, 0) is 35.0 Å². The van der Waals surface area contributed by atoms with E-state index in [1.165, 1.54) is 0 Å². The Morgan fingerprint density at radius 1 is 1.47 bits per heavy atom. The number of halogens is 1. The van der Waals surface area contributed by atoms with Gasteiger partial charge in [0, 0.05) is 36.3 Å². The molecule has 2 aromatic rings. The van der Waals surface area contributed by atoms with Gasteiger partial charge >= 0.3 is 0 Å². The van der Waals surface area contributed by atoms with E-state index < -0.39 is 0 Å². The van der Waals surface area contributed by atoms with Crippen molar-refractivity contribution < 1.29 is 0 Å². The van der Waals surface area contributed by atoms with Crippen molar-refractivity contribution in [3.05, 3.63) is 22.8 Å². The maximum atomic E-state index is 4.54. The maximum absolute atomic E-state index is 4.54. The molecule has 100 valence electrons. The second-order valence-electron chi connectivity index (χ2n) is 4.62. The normalized spacial score (nSPS) is 19.7. The van der Waals surface area contributed by atoms with Crippen molar-refractivity contribution in [2.75, 3.05) is 24.5 Å². The van der Waals surface area contributed by atoms with Crippen LogP contribution in [0, 0.1) is 0 Å². The monoisotopic (exact) mass is 322 g/mol. The highest BCUT2D eigenvalue weighted by Gasteiger charge is 2.20. The van der Waals surface area contributed by atoms with Crippen molar-refractivity contribution in [2.24, 2.45) is 0 Å². The minimum Gasteiger partial charge on any atom is -0.337 e. The highest BCUT2D eigenvalue weighted by molar-refractivity contribution is 9.10. The number of aromatic amines is 1. The molecule has 0 aliphatic carbocycles. The second-order valence-corrected chi connectivity index (χ2v) is 5.47. The fourth-order valence-electron chi connectivity index (χ4n) is 2.17. The fraction of sp³-hybridized carbons (Fsp3) is 0.417. The summed E-state index contributed by atoms with van der Waals surface area (Å²) in [4.78, 5) is 11.0. The van der Waals surface area contributed by atoms with Crippen LogP contribution in [-0.2, 0) is 0 Å². The van der Waals surface area contributed by atoms with Crippen LogP contribution >= 0.6 is 15.9 Å². The molecule has 1 atom stereocenters. The van der Waals surface area contributed by atoms with Gasteiger partial charge in [-0.25, -0.2) is 0 Å². The first-order chi connectivity index (χ1) is 9.24. The Labute approximate surface area is 119 Å². The van der Waals surface area contributed by atoms with Crippen molar-refractivity contribution in [3.63, 3.8) is 0 Å². The lowest BCUT2D eigenvalue weighted by atomic mass is 10.2. The molecule has 1 saturated heterocycles. The average Bonchev–Trinajstić information content (AvgIpc) is 2.89. The molecule has 1 fully saturated rings. The summed E-state index contributed by atoms with van der Waals surface area (Å²) in [6, 6.07) is 4.28. The van der Waals surface area contributed by atoms with Crippen LogP contribution in [0.1, 0.15) is 6.92 Å². The van der Waals surface area contributed by atoms with Gasteiger partial charge in [0.2, 0.25) is 5.95 Å². The van der Waals surface area contributed by atoms with Gasteiger partial charge < -0.3 is 10.2 Å². The Balaban J connectivity index is 1.85. The van der Waals surface area contributed by atoms with Crippen LogP contribution in [0.5, 0.6) is 0 Å². The Morgan fingerprint density at radius 3 is 3.16 bits per heavy atom. The molecule has 1 aliphatic heterocycles. The van der Waals surface area contributed by atoms with Crippen LogP contribution in [-0.4, -0.2) is 45.8 Å². The largest absolute Gasteiger partial charge is 0.337 e. The zero-order chi connectivity index (χ0) is 13.2. The van der Waals surface area contributed by atoms with Gasteiger partial charge in [0.05, 0.1) is 0 Å². The highest BCUT2D eigenvalue weighted by atomic mass is 79.9. The van der Waals surface area contributed by atoms with Crippen molar-refractivity contribution in [3.8, 4) is 11.5 Å². The third kappa shape index (κ3) is 2.62. The van der Waals surface area contributed by atoms with E-state index >= 15 is 0 Å². The number of rotatable bonds is 2. The van der Waals surface area contributed by atoms with Gasteiger partial charge in [-0.3, -0.25) is 10.1 Å². The average molecular weight is 323 g/mol. The molecule has 19 heavy (non-hydrogen) atoms. The molecule has 3 heterocycles. The van der Waals surface area contributed by atoms with E-state index in [1.54, 1.807) is 6.20 Å². The lowest BCUT2D eigenvalue weighted by Crippen LogP contribution is -2.49. The molecule has 2 N–H and O–H groups in total. The molecule has 3 rings (SSSR count). The summed E-state index contributed by atoms with van der Waals surface area (Å²) in [6.07, 6.45) is 1.75. The van der Waals surface area contributed by atoms with Crippen molar-refractivity contribution >= 4 is 21.9 Å². The van der Waals surface area contributed by atoms with E-state index in [0.717, 1.165) is 35.7 Å². The van der Waals surface area contributed by atoms with E-state index in [9.17, 15) is 0 Å². The van der Waals surface area contributed by atoms with Crippen LogP contribution in [0.3, 0.4) is 0 Å². The number of nitrogens with one attached hydrogen (secondary N) is 2. The predicted octanol–water partition coefficient (Wildman–Crippen LogP) is 1.43. The summed E-state index contributed by atoms with van der Waals surface area (Å²) in [6.45, 7) is 4.96. The third-order valence-corrected chi connectivity index (χ3v) is 3.75. The predicted molar refractivity (Wildman–Crippen MR) is 77.0 cm³/mol. The molecule has 0 aromatic carbocycles. The Hall–Kier alpha value is -1.47. The standard InChI is InChI=1S/C12H15BrN6/c1-8-7-19(6-5-14-8)12-16-11(17-18-12)10-9(13)3-2-4-15-10/h2-4,8,14H,5-7H2,1H3,(H,16,17,18)/t8-/m0/s1. The summed E-state index contributed by atoms with van der Waals surface area (Å²) in [7, 11) is 0. The summed E-state index contributed by atoms with van der Waals surface area (Å²) >= 11 is 3.47. The quantitative estimate of drug-likeness (QED) is 0.875. The molecule has 7 heteroatoms. The number of H-pyrrole nitrogens is 1. The Bertz CT molecular complexity index is 569. The first-order valence-corrected chi connectivity index (χ1v) is 7.05. The van der Waals surface area contributed by atoms with E-state index in [1.807, 2.05) is 12.1 Å². The molecule has 0 radical (unpaired) electrons. The molecule has 0 amide bonds. The highest BCUT2D eigenvalue weighted by Crippen LogP contribution is 2.23. The van der Waals surface area contributed by atoms with Crippen LogP contribution in [0.15, 0.2) is 22.8 Å². The summed E-state index contributed by atoms with van der Waals surface area (Å²) in [5, 5.41) is 10.7. The number of aromatic nitrogens is 4. The van der Waals surface area contributed by atoms with Crippen LogP contribution < -0.4 is 10.2 Å². The lowest BCUT2D eigenvalue weighted by Gasteiger charge is -2.30. The van der Waals surface area contributed by atoms with E-state index in [-0.39, 0.29) is 0 Å². The fourth-order valence-corrected chi connectivity index (χ4v) is 2.62. The smallest absolute Gasteiger partial charge is 0.245 e. The minimum atomic E-state index is 0.456. The van der Waals surface area contributed by atoms with Gasteiger partial charge in [0.1, 0.15) is 5.69 Å². The molecular formula is C12H15BrN6. The van der Waals surface area contributed by atoms with E-state index in [4.69, 9.17) is 0 Å². The topological polar surface area (TPSA) is 69.7 Å². The molecule has 0 saturated carbocycles. The number of hydrogen-bond donors (Lipinski definition) is 2. The molecule has 0 spiro atoms. The van der Waals surface area contributed by atoms with Crippen LogP contribution in [0.4, 0.5) is 5.95 Å². The third-order valence-electron chi connectivity index (χ3n) is 3.11. The molecular weight excluding hydrogens is 308 g/mol. The molecule has 6 nitrogen and oxygen atoms in total. The Morgan fingerprint density at radius 2 is 2.37 bits per heavy atom. The number of pyridine rings is 1. The van der Waals surface area contributed by atoms with Crippen molar-refractivity contribution in [1.82, 2.24) is 25.5 Å². The zero-order valence-electron chi connectivity index (χ0n) is 10.6. The van der Waals surface area contributed by atoms with E-state index in [0.29, 0.717) is 11.9 Å². The lowest BCUT2D eigenvalue weighted by molar-refractivity contribution is 0.480. The molecule has 0 bridgehead atoms. The molecule has 2 aromatic heterocycles. The van der Waals surface area contributed by atoms with Crippen molar-refractivity contribution in [1.29, 1.82) is 0 Å². The number of anilines is 1. The number of piperazine rings is 1. The van der Waals surface area contributed by atoms with Gasteiger partial charge in [-0.1, -0.05) is 0 Å². The van der Waals surface area contributed by atoms with Gasteiger partial charge in [-0.2, -0.15) is 4.98 Å². The number of nitrogens with zero attached hydrogens (tertiary/aromatic N) is 4. The minimum absolute atomic E-state index is 0.456. The first-order valence-electron chi connectivity index (χ1n) is 6.25. The maximum Gasteiger partial charge on any atom is 0.245 e. The Kier molecular flexibility index (Phi) is 3.48. The zero-order valence-corrected chi connectivity index (χ0v) is 12.2. The number of hydrogen-bond acceptors (Lipinski definition) is 5. The summed E-state index contributed by atoms with van der Waals surface area (Å²) < 4.78 is 0.909. The van der Waals surface area contributed by atoms with E-state index in [2.05, 4.69) is 53.2 Å². The second kappa shape index (κ2) is 5.26.